The van der Waals surface area contributed by atoms with E-state index in [0.29, 0.717) is 28.9 Å². The first-order valence-corrected chi connectivity index (χ1v) is 8.39. The van der Waals surface area contributed by atoms with Crippen LogP contribution in [-0.2, 0) is 6.54 Å². The largest absolute Gasteiger partial charge is 0.348 e. The van der Waals surface area contributed by atoms with Crippen molar-refractivity contribution in [2.24, 2.45) is 0 Å². The molecule has 0 aliphatic rings. The summed E-state index contributed by atoms with van der Waals surface area (Å²) in [5, 5.41) is 14.4. The average Bonchev–Trinajstić information content (AvgIpc) is 2.73. The van der Waals surface area contributed by atoms with Crippen molar-refractivity contribution in [3.05, 3.63) is 101 Å². The van der Waals surface area contributed by atoms with Crippen molar-refractivity contribution in [3.63, 3.8) is 0 Å². The smallest absolute Gasteiger partial charge is 0.255 e. The Labute approximate surface area is 157 Å². The van der Waals surface area contributed by atoms with E-state index in [9.17, 15) is 9.59 Å². The van der Waals surface area contributed by atoms with Crippen LogP contribution in [-0.4, -0.2) is 11.8 Å². The van der Waals surface area contributed by atoms with Crippen molar-refractivity contribution in [3.8, 4) is 6.07 Å². The maximum Gasteiger partial charge on any atom is 0.255 e. The van der Waals surface area contributed by atoms with Crippen molar-refractivity contribution < 1.29 is 9.59 Å². The minimum absolute atomic E-state index is 0.196. The fraction of sp³-hybridized carbons (Fsp3) is 0.0455. The lowest BCUT2D eigenvalue weighted by atomic mass is 10.1. The Morgan fingerprint density at radius 2 is 1.37 bits per heavy atom. The molecule has 2 N–H and O–H groups in total. The maximum atomic E-state index is 12.3. The number of hydrogen-bond acceptors (Lipinski definition) is 3. The molecule has 5 heteroatoms. The Morgan fingerprint density at radius 3 is 1.96 bits per heavy atom. The first kappa shape index (κ1) is 17.9. The highest BCUT2D eigenvalue weighted by molar-refractivity contribution is 6.05. The highest BCUT2D eigenvalue weighted by Crippen LogP contribution is 2.12. The van der Waals surface area contributed by atoms with E-state index in [-0.39, 0.29) is 11.8 Å². The minimum Gasteiger partial charge on any atom is -0.348 e. The molecule has 0 saturated heterocycles. The summed E-state index contributed by atoms with van der Waals surface area (Å²) in [6.45, 7) is 0.445. The molecule has 0 bridgehead atoms. The van der Waals surface area contributed by atoms with Gasteiger partial charge in [0, 0.05) is 23.4 Å². The lowest BCUT2D eigenvalue weighted by Gasteiger charge is -2.07. The normalized spacial score (nSPS) is 9.89. The van der Waals surface area contributed by atoms with Gasteiger partial charge in [-0.3, -0.25) is 9.59 Å². The Bertz CT molecular complexity index is 973. The standard InChI is InChI=1S/C22H17N3O2/c23-14-16-6-12-20(13-7-16)25-22(27)19-10-8-18(9-11-19)21(26)24-15-17-4-2-1-3-5-17/h1-13H,15H2,(H,24,26)(H,25,27). The number of nitriles is 1. The zero-order valence-corrected chi connectivity index (χ0v) is 14.5. The van der Waals surface area contributed by atoms with Crippen LogP contribution in [0.3, 0.4) is 0 Å². The number of hydrogen-bond donors (Lipinski definition) is 2. The molecule has 0 spiro atoms. The number of amides is 2. The summed E-state index contributed by atoms with van der Waals surface area (Å²) >= 11 is 0. The SMILES string of the molecule is N#Cc1ccc(NC(=O)c2ccc(C(=O)NCc3ccccc3)cc2)cc1. The van der Waals surface area contributed by atoms with E-state index in [1.54, 1.807) is 48.5 Å². The van der Waals surface area contributed by atoms with Gasteiger partial charge in [-0.25, -0.2) is 0 Å². The summed E-state index contributed by atoms with van der Waals surface area (Å²) in [6.07, 6.45) is 0. The molecule has 3 rings (SSSR count). The fourth-order valence-corrected chi connectivity index (χ4v) is 2.48. The van der Waals surface area contributed by atoms with Crippen LogP contribution in [0.2, 0.25) is 0 Å². The molecule has 27 heavy (non-hydrogen) atoms. The molecule has 0 aliphatic heterocycles. The highest BCUT2D eigenvalue weighted by Gasteiger charge is 2.09. The molecule has 3 aromatic carbocycles. The molecule has 0 fully saturated rings. The Kier molecular flexibility index (Phi) is 5.60. The van der Waals surface area contributed by atoms with Crippen LogP contribution < -0.4 is 10.6 Å². The first-order valence-electron chi connectivity index (χ1n) is 8.39. The van der Waals surface area contributed by atoms with E-state index >= 15 is 0 Å². The Morgan fingerprint density at radius 1 is 0.778 bits per heavy atom. The van der Waals surface area contributed by atoms with Gasteiger partial charge >= 0.3 is 0 Å². The van der Waals surface area contributed by atoms with Gasteiger partial charge in [-0.1, -0.05) is 30.3 Å². The Balaban J connectivity index is 1.59. The van der Waals surface area contributed by atoms with Crippen LogP contribution in [0.25, 0.3) is 0 Å². The summed E-state index contributed by atoms with van der Waals surface area (Å²) < 4.78 is 0. The predicted octanol–water partition coefficient (Wildman–Crippen LogP) is 3.74. The van der Waals surface area contributed by atoms with Gasteiger partial charge in [-0.2, -0.15) is 5.26 Å². The second kappa shape index (κ2) is 8.45. The van der Waals surface area contributed by atoms with Gasteiger partial charge in [0.25, 0.3) is 11.8 Å². The topological polar surface area (TPSA) is 82.0 Å². The average molecular weight is 355 g/mol. The van der Waals surface area contributed by atoms with E-state index in [1.165, 1.54) is 0 Å². The van der Waals surface area contributed by atoms with Crippen molar-refractivity contribution >= 4 is 17.5 Å². The predicted molar refractivity (Wildman–Crippen MR) is 103 cm³/mol. The quantitative estimate of drug-likeness (QED) is 0.731. The third kappa shape index (κ3) is 4.80. The van der Waals surface area contributed by atoms with Gasteiger partial charge in [-0.05, 0) is 54.1 Å². The number of rotatable bonds is 5. The second-order valence-electron chi connectivity index (χ2n) is 5.89. The molecule has 0 heterocycles. The van der Waals surface area contributed by atoms with Gasteiger partial charge in [0.1, 0.15) is 0 Å². The van der Waals surface area contributed by atoms with Crippen LogP contribution in [0.1, 0.15) is 31.8 Å². The van der Waals surface area contributed by atoms with E-state index < -0.39 is 0 Å². The third-order valence-corrected chi connectivity index (χ3v) is 3.98. The molecule has 5 nitrogen and oxygen atoms in total. The van der Waals surface area contributed by atoms with Crippen molar-refractivity contribution in [2.45, 2.75) is 6.54 Å². The molecule has 0 unspecified atom stereocenters. The van der Waals surface area contributed by atoms with Gasteiger partial charge in [-0.15, -0.1) is 0 Å². The molecule has 0 aromatic heterocycles. The third-order valence-electron chi connectivity index (χ3n) is 3.98. The van der Waals surface area contributed by atoms with Crippen molar-refractivity contribution in [1.29, 1.82) is 5.26 Å². The lowest BCUT2D eigenvalue weighted by molar-refractivity contribution is 0.0949. The number of nitrogens with one attached hydrogen (secondary N) is 2. The van der Waals surface area contributed by atoms with Crippen LogP contribution in [0.15, 0.2) is 78.9 Å². The zero-order valence-electron chi connectivity index (χ0n) is 14.5. The Hall–Kier alpha value is -3.91. The molecule has 0 atom stereocenters. The van der Waals surface area contributed by atoms with Gasteiger partial charge in [0.15, 0.2) is 0 Å². The van der Waals surface area contributed by atoms with Crippen LogP contribution in [0.5, 0.6) is 0 Å². The number of carbonyl (C=O) groups excluding carboxylic acids is 2. The first-order chi connectivity index (χ1) is 13.2. The van der Waals surface area contributed by atoms with Crippen LogP contribution in [0, 0.1) is 11.3 Å². The van der Waals surface area contributed by atoms with E-state index in [1.807, 2.05) is 36.4 Å². The molecular weight excluding hydrogens is 338 g/mol. The number of anilines is 1. The van der Waals surface area contributed by atoms with Gasteiger partial charge < -0.3 is 10.6 Å². The molecule has 0 aliphatic carbocycles. The molecule has 132 valence electrons. The summed E-state index contributed by atoms with van der Waals surface area (Å²) in [7, 11) is 0. The minimum atomic E-state index is -0.282. The highest BCUT2D eigenvalue weighted by atomic mass is 16.2. The second-order valence-corrected chi connectivity index (χ2v) is 5.89. The zero-order chi connectivity index (χ0) is 19.1. The summed E-state index contributed by atoms with van der Waals surface area (Å²) in [5.41, 5.74) is 3.08. The van der Waals surface area contributed by atoms with Crippen LogP contribution >= 0.6 is 0 Å². The lowest BCUT2D eigenvalue weighted by Crippen LogP contribution is -2.22. The monoisotopic (exact) mass is 355 g/mol. The van der Waals surface area contributed by atoms with E-state index in [0.717, 1.165) is 5.56 Å². The number of benzene rings is 3. The van der Waals surface area contributed by atoms with Crippen molar-refractivity contribution in [1.82, 2.24) is 5.32 Å². The molecule has 0 saturated carbocycles. The van der Waals surface area contributed by atoms with Gasteiger partial charge in [0.05, 0.1) is 11.6 Å². The number of nitrogens with zero attached hydrogens (tertiary/aromatic N) is 1. The van der Waals surface area contributed by atoms with Gasteiger partial charge in [0.2, 0.25) is 0 Å². The number of carbonyl (C=O) groups is 2. The summed E-state index contributed by atoms with van der Waals surface area (Å²) in [6, 6.07) is 24.7. The maximum absolute atomic E-state index is 12.3. The summed E-state index contributed by atoms with van der Waals surface area (Å²) in [5.74, 6) is -0.478. The molecular formula is C22H17N3O2. The van der Waals surface area contributed by atoms with Crippen molar-refractivity contribution in [2.75, 3.05) is 5.32 Å². The fourth-order valence-electron chi connectivity index (χ4n) is 2.48. The van der Waals surface area contributed by atoms with Crippen LogP contribution in [0.4, 0.5) is 5.69 Å². The van der Waals surface area contributed by atoms with E-state index in [4.69, 9.17) is 5.26 Å². The van der Waals surface area contributed by atoms with E-state index in [2.05, 4.69) is 10.6 Å². The summed E-state index contributed by atoms with van der Waals surface area (Å²) in [4.78, 5) is 24.5. The molecule has 2 amide bonds. The molecule has 3 aromatic rings. The molecule has 0 radical (unpaired) electrons.